The van der Waals surface area contributed by atoms with E-state index >= 15 is 0 Å². The van der Waals surface area contributed by atoms with E-state index in [2.05, 4.69) is 23.4 Å². The summed E-state index contributed by atoms with van der Waals surface area (Å²) in [5.74, 6) is -0.804. The summed E-state index contributed by atoms with van der Waals surface area (Å²) in [5.41, 5.74) is 0.191. The summed E-state index contributed by atoms with van der Waals surface area (Å²) in [6.07, 6.45) is 5.44. The molecule has 4 nitrogen and oxygen atoms in total. The van der Waals surface area contributed by atoms with Crippen LogP contribution in [-0.2, 0) is 0 Å². The third-order valence-electron chi connectivity index (χ3n) is 4.57. The Morgan fingerprint density at radius 2 is 1.92 bits per heavy atom. The average Bonchev–Trinajstić information content (AvgIpc) is 3.07. The van der Waals surface area contributed by atoms with Gasteiger partial charge in [-0.05, 0) is 44.9 Å². The molecule has 0 atom stereocenters. The Labute approximate surface area is 140 Å². The molecular weight excluding hydrogens is 312 g/mol. The Bertz CT molecular complexity index is 734. The summed E-state index contributed by atoms with van der Waals surface area (Å²) in [7, 11) is 0. The van der Waals surface area contributed by atoms with Crippen molar-refractivity contribution in [2.75, 3.05) is 13.1 Å². The van der Waals surface area contributed by atoms with Crippen LogP contribution in [0.3, 0.4) is 0 Å². The van der Waals surface area contributed by atoms with E-state index in [1.807, 2.05) is 12.4 Å². The van der Waals surface area contributed by atoms with E-state index in [1.54, 1.807) is 4.90 Å². The molecular formula is C18H21F2N3O. The summed E-state index contributed by atoms with van der Waals surface area (Å²) in [6, 6.07) is 3.65. The molecule has 0 aliphatic carbocycles. The predicted molar refractivity (Wildman–Crippen MR) is 86.8 cm³/mol. The van der Waals surface area contributed by atoms with Gasteiger partial charge in [0.05, 0.1) is 0 Å². The van der Waals surface area contributed by atoms with Crippen LogP contribution in [0.2, 0.25) is 0 Å². The lowest BCUT2D eigenvalue weighted by Gasteiger charge is -2.32. The molecule has 3 rings (SSSR count). The highest BCUT2D eigenvalue weighted by molar-refractivity contribution is 5.94. The van der Waals surface area contributed by atoms with Crippen LogP contribution in [0.5, 0.6) is 0 Å². The first-order chi connectivity index (χ1) is 11.5. The van der Waals surface area contributed by atoms with Crippen LogP contribution >= 0.6 is 0 Å². The largest absolute Gasteiger partial charge is 0.339 e. The van der Waals surface area contributed by atoms with Gasteiger partial charge in [-0.3, -0.25) is 4.79 Å². The Morgan fingerprint density at radius 3 is 2.54 bits per heavy atom. The maximum Gasteiger partial charge on any atom is 0.253 e. The highest BCUT2D eigenvalue weighted by Crippen LogP contribution is 2.29. The van der Waals surface area contributed by atoms with Gasteiger partial charge < -0.3 is 9.47 Å². The zero-order valence-corrected chi connectivity index (χ0v) is 13.9. The van der Waals surface area contributed by atoms with Gasteiger partial charge in [-0.15, -0.1) is 0 Å². The number of imidazole rings is 1. The molecule has 6 heteroatoms. The average molecular weight is 333 g/mol. The van der Waals surface area contributed by atoms with Crippen LogP contribution in [0.1, 0.15) is 54.8 Å². The van der Waals surface area contributed by atoms with Gasteiger partial charge >= 0.3 is 0 Å². The fourth-order valence-electron chi connectivity index (χ4n) is 3.23. The van der Waals surface area contributed by atoms with E-state index in [9.17, 15) is 13.6 Å². The van der Waals surface area contributed by atoms with Gasteiger partial charge in [0.1, 0.15) is 5.82 Å². The van der Waals surface area contributed by atoms with Crippen LogP contribution in [0.4, 0.5) is 8.78 Å². The van der Waals surface area contributed by atoms with E-state index in [4.69, 9.17) is 0 Å². The van der Waals surface area contributed by atoms with Crippen molar-refractivity contribution in [2.45, 2.75) is 38.6 Å². The first-order valence-electron chi connectivity index (χ1n) is 8.24. The van der Waals surface area contributed by atoms with Gasteiger partial charge in [0.25, 0.3) is 5.91 Å². The number of aromatic nitrogens is 2. The lowest BCUT2D eigenvalue weighted by molar-refractivity contribution is 0.0709. The Morgan fingerprint density at radius 1 is 1.21 bits per heavy atom. The van der Waals surface area contributed by atoms with Gasteiger partial charge in [-0.1, -0.05) is 0 Å². The summed E-state index contributed by atoms with van der Waals surface area (Å²) in [6.45, 7) is 5.42. The van der Waals surface area contributed by atoms with Crippen LogP contribution in [0.25, 0.3) is 0 Å². The third-order valence-corrected chi connectivity index (χ3v) is 4.57. The zero-order valence-electron chi connectivity index (χ0n) is 13.9. The van der Waals surface area contributed by atoms with Crippen LogP contribution in [-0.4, -0.2) is 33.4 Å². The highest BCUT2D eigenvalue weighted by Gasteiger charge is 2.27. The van der Waals surface area contributed by atoms with E-state index in [0.29, 0.717) is 25.0 Å². The van der Waals surface area contributed by atoms with Gasteiger partial charge in [-0.25, -0.2) is 13.8 Å². The lowest BCUT2D eigenvalue weighted by Crippen LogP contribution is -2.38. The van der Waals surface area contributed by atoms with Crippen molar-refractivity contribution in [1.29, 1.82) is 0 Å². The zero-order chi connectivity index (χ0) is 17.3. The quantitative estimate of drug-likeness (QED) is 0.858. The fraction of sp³-hybridized carbons (Fsp3) is 0.444. The first kappa shape index (κ1) is 16.6. The maximum atomic E-state index is 13.3. The van der Waals surface area contributed by atoms with E-state index < -0.39 is 11.6 Å². The minimum Gasteiger partial charge on any atom is -0.339 e. The number of hydrogen-bond donors (Lipinski definition) is 0. The molecule has 1 aromatic heterocycles. The molecule has 24 heavy (non-hydrogen) atoms. The molecule has 2 heterocycles. The summed E-state index contributed by atoms with van der Waals surface area (Å²) in [5, 5.41) is 0. The van der Waals surface area contributed by atoms with Crippen molar-refractivity contribution in [3.63, 3.8) is 0 Å². The highest BCUT2D eigenvalue weighted by atomic mass is 19.2. The second-order valence-electron chi connectivity index (χ2n) is 6.48. The lowest BCUT2D eigenvalue weighted by atomic mass is 9.95. The molecule has 0 bridgehead atoms. The van der Waals surface area contributed by atoms with Gasteiger partial charge in [-0.2, -0.15) is 0 Å². The predicted octanol–water partition coefficient (Wildman–Crippen LogP) is 3.76. The molecule has 128 valence electrons. The van der Waals surface area contributed by atoms with Crippen molar-refractivity contribution >= 4 is 5.91 Å². The minimum absolute atomic E-state index is 0.191. The number of nitrogens with zero attached hydrogens (tertiary/aromatic N) is 3. The van der Waals surface area contributed by atoms with Gasteiger partial charge in [0.2, 0.25) is 0 Å². The molecule has 0 N–H and O–H groups in total. The molecule has 0 radical (unpaired) electrons. The molecule has 0 spiro atoms. The number of carbonyl (C=O) groups is 1. The number of halogens is 2. The number of carbonyl (C=O) groups excluding carboxylic acids is 1. The standard InChI is InChI=1S/C18H21F2N3O/c1-12(2)23-10-7-21-17(23)13-5-8-22(9-6-13)18(24)14-3-4-15(19)16(20)11-14/h3-4,7,10-13H,5-6,8-9H2,1-2H3. The smallest absolute Gasteiger partial charge is 0.253 e. The van der Waals surface area contributed by atoms with Crippen LogP contribution in [0, 0.1) is 11.6 Å². The first-order valence-corrected chi connectivity index (χ1v) is 8.24. The molecule has 1 aromatic carbocycles. The molecule has 1 aliphatic rings. The Hall–Kier alpha value is -2.24. The van der Waals surface area contributed by atoms with Crippen molar-refractivity contribution < 1.29 is 13.6 Å². The Kier molecular flexibility index (Phi) is 4.64. The van der Waals surface area contributed by atoms with Crippen molar-refractivity contribution in [1.82, 2.24) is 14.5 Å². The second kappa shape index (κ2) is 6.71. The van der Waals surface area contributed by atoms with Gasteiger partial charge in [0.15, 0.2) is 11.6 Å². The van der Waals surface area contributed by atoms with E-state index in [1.165, 1.54) is 6.07 Å². The maximum absolute atomic E-state index is 13.3. The Balaban J connectivity index is 1.67. The second-order valence-corrected chi connectivity index (χ2v) is 6.48. The number of likely N-dealkylation sites (tertiary alicyclic amines) is 1. The number of rotatable bonds is 3. The van der Waals surface area contributed by atoms with E-state index in [0.717, 1.165) is 30.8 Å². The summed E-state index contributed by atoms with van der Waals surface area (Å²) < 4.78 is 28.5. The molecule has 1 fully saturated rings. The normalized spacial score (nSPS) is 16.0. The third kappa shape index (κ3) is 3.18. The molecule has 0 saturated carbocycles. The molecule has 1 amide bonds. The number of amides is 1. The van der Waals surface area contributed by atoms with Crippen molar-refractivity contribution in [2.24, 2.45) is 0 Å². The SMILES string of the molecule is CC(C)n1ccnc1C1CCN(C(=O)c2ccc(F)c(F)c2)CC1. The minimum atomic E-state index is -0.991. The van der Waals surface area contributed by atoms with Crippen molar-refractivity contribution in [3.8, 4) is 0 Å². The monoisotopic (exact) mass is 333 g/mol. The van der Waals surface area contributed by atoms with Crippen LogP contribution < -0.4 is 0 Å². The summed E-state index contributed by atoms with van der Waals surface area (Å²) in [4.78, 5) is 18.6. The molecule has 1 saturated heterocycles. The molecule has 0 unspecified atom stereocenters. The van der Waals surface area contributed by atoms with Crippen molar-refractivity contribution in [3.05, 3.63) is 53.6 Å². The topological polar surface area (TPSA) is 38.1 Å². The van der Waals surface area contributed by atoms with E-state index in [-0.39, 0.29) is 11.5 Å². The fourth-order valence-corrected chi connectivity index (χ4v) is 3.23. The van der Waals surface area contributed by atoms with Crippen LogP contribution in [0.15, 0.2) is 30.6 Å². The summed E-state index contributed by atoms with van der Waals surface area (Å²) >= 11 is 0. The molecule has 1 aliphatic heterocycles. The number of benzene rings is 1. The van der Waals surface area contributed by atoms with Gasteiger partial charge in [0, 0.05) is 43.0 Å². The molecule has 2 aromatic rings. The number of hydrogen-bond acceptors (Lipinski definition) is 2. The number of piperidine rings is 1.